The van der Waals surface area contributed by atoms with E-state index in [1.54, 1.807) is 79.7 Å². The standard InChI is InChI=1S/C25H25ClNO6P/c1-2-31-24(28)22(20-14-8-4-9-15-20)33-34(26,30)23(21-16-10-5-11-17-21)27-25(29)32-18-19-12-6-3-7-13-19/h3-17,22-23H,2,18H2,1H3,(H,27,29)/t22-,23+,34?/m1/s1. The summed E-state index contributed by atoms with van der Waals surface area (Å²) in [6, 6.07) is 26.0. The lowest BCUT2D eigenvalue weighted by Gasteiger charge is -2.27. The van der Waals surface area contributed by atoms with Crippen molar-refractivity contribution in [2.75, 3.05) is 6.61 Å². The number of carbonyl (C=O) groups is 2. The normalized spacial score (nSPS) is 14.3. The predicted octanol–water partition coefficient (Wildman–Crippen LogP) is 6.36. The third-order valence-corrected chi connectivity index (χ3v) is 7.11. The van der Waals surface area contributed by atoms with Gasteiger partial charge in [-0.3, -0.25) is 9.09 Å². The zero-order valence-electron chi connectivity index (χ0n) is 18.5. The lowest BCUT2D eigenvalue weighted by molar-refractivity contribution is -0.151. The van der Waals surface area contributed by atoms with Crippen LogP contribution in [-0.4, -0.2) is 18.7 Å². The molecule has 0 saturated heterocycles. The first-order valence-electron chi connectivity index (χ1n) is 10.6. The van der Waals surface area contributed by atoms with Crippen molar-refractivity contribution in [1.82, 2.24) is 5.32 Å². The summed E-state index contributed by atoms with van der Waals surface area (Å²) in [5.41, 5.74) is 1.62. The van der Waals surface area contributed by atoms with Crippen molar-refractivity contribution < 1.29 is 28.2 Å². The van der Waals surface area contributed by atoms with E-state index in [1.165, 1.54) is 0 Å². The predicted molar refractivity (Wildman–Crippen MR) is 129 cm³/mol. The van der Waals surface area contributed by atoms with Crippen LogP contribution in [0, 0.1) is 0 Å². The molecule has 0 saturated carbocycles. The molecule has 3 aromatic carbocycles. The maximum Gasteiger partial charge on any atom is 0.408 e. The SMILES string of the molecule is CCOC(=O)[C@H](OP(=O)(Cl)[C@H](NC(=O)OCc1ccccc1)c1ccccc1)c1ccccc1. The van der Waals surface area contributed by atoms with Crippen molar-refractivity contribution in [3.8, 4) is 0 Å². The maximum absolute atomic E-state index is 13.7. The highest BCUT2D eigenvalue weighted by atomic mass is 35.7. The number of esters is 1. The number of alkyl carbamates (subject to hydrolysis) is 1. The highest BCUT2D eigenvalue weighted by molar-refractivity contribution is 7.85. The molecule has 1 amide bonds. The van der Waals surface area contributed by atoms with Crippen LogP contribution in [0.15, 0.2) is 91.0 Å². The average Bonchev–Trinajstić information content (AvgIpc) is 2.86. The number of ether oxygens (including phenoxy) is 2. The Labute approximate surface area is 203 Å². The summed E-state index contributed by atoms with van der Waals surface area (Å²) >= 11 is 6.44. The Bertz CT molecular complexity index is 1110. The summed E-state index contributed by atoms with van der Waals surface area (Å²) in [5.74, 6) is -2.02. The van der Waals surface area contributed by atoms with Crippen LogP contribution in [0.5, 0.6) is 0 Å². The molecular formula is C25H25ClNO6P. The number of halogens is 1. The second kappa shape index (κ2) is 12.4. The van der Waals surface area contributed by atoms with Crippen LogP contribution in [0.4, 0.5) is 4.79 Å². The van der Waals surface area contributed by atoms with Gasteiger partial charge in [-0.15, -0.1) is 0 Å². The minimum atomic E-state index is -4.21. The lowest BCUT2D eigenvalue weighted by Crippen LogP contribution is -2.29. The molecule has 7 nitrogen and oxygen atoms in total. The van der Waals surface area contributed by atoms with Gasteiger partial charge in [0.2, 0.25) is 0 Å². The summed E-state index contributed by atoms with van der Waals surface area (Å²) in [6.07, 6.45) is -2.19. The van der Waals surface area contributed by atoms with Crippen molar-refractivity contribution in [2.45, 2.75) is 25.4 Å². The Morgan fingerprint density at radius 2 is 1.38 bits per heavy atom. The van der Waals surface area contributed by atoms with Crippen LogP contribution >= 0.6 is 18.0 Å². The van der Waals surface area contributed by atoms with Gasteiger partial charge in [0.15, 0.2) is 6.10 Å². The number of rotatable bonds is 10. The maximum atomic E-state index is 13.7. The van der Waals surface area contributed by atoms with E-state index in [9.17, 15) is 14.2 Å². The molecule has 0 aromatic heterocycles. The van der Waals surface area contributed by atoms with Crippen molar-refractivity contribution in [3.05, 3.63) is 108 Å². The Hall–Kier alpha value is -3.12. The van der Waals surface area contributed by atoms with Gasteiger partial charge in [0.25, 0.3) is 0 Å². The largest absolute Gasteiger partial charge is 0.464 e. The molecule has 0 aliphatic heterocycles. The molecule has 0 radical (unpaired) electrons. The second-order valence-electron chi connectivity index (χ2n) is 7.19. The summed E-state index contributed by atoms with van der Waals surface area (Å²) in [6.45, 7) is -2.45. The van der Waals surface area contributed by atoms with Crippen molar-refractivity contribution in [3.63, 3.8) is 0 Å². The third kappa shape index (κ3) is 7.19. The van der Waals surface area contributed by atoms with E-state index in [0.717, 1.165) is 5.56 Å². The van der Waals surface area contributed by atoms with Crippen LogP contribution in [0.25, 0.3) is 0 Å². The van der Waals surface area contributed by atoms with Crippen LogP contribution in [0.2, 0.25) is 0 Å². The van der Waals surface area contributed by atoms with Gasteiger partial charge in [0, 0.05) is 0 Å². The van der Waals surface area contributed by atoms with Gasteiger partial charge in [-0.2, -0.15) is 0 Å². The number of hydrogen-bond donors (Lipinski definition) is 1. The summed E-state index contributed by atoms with van der Waals surface area (Å²) in [4.78, 5) is 25.2. The molecule has 0 aliphatic carbocycles. The highest BCUT2D eigenvalue weighted by Gasteiger charge is 2.40. The molecule has 3 rings (SSSR count). The van der Waals surface area contributed by atoms with Crippen molar-refractivity contribution in [1.29, 1.82) is 0 Å². The zero-order chi connectivity index (χ0) is 24.4. The summed E-state index contributed by atoms with van der Waals surface area (Å²) in [7, 11) is 0. The Morgan fingerprint density at radius 3 is 1.94 bits per heavy atom. The highest BCUT2D eigenvalue weighted by Crippen LogP contribution is 2.65. The summed E-state index contributed by atoms with van der Waals surface area (Å²) in [5, 5.41) is 2.54. The first kappa shape index (κ1) is 25.5. The zero-order valence-corrected chi connectivity index (χ0v) is 20.2. The van der Waals surface area contributed by atoms with Gasteiger partial charge < -0.3 is 14.8 Å². The molecule has 0 fully saturated rings. The molecule has 0 bridgehead atoms. The van der Waals surface area contributed by atoms with Gasteiger partial charge >= 0.3 is 18.8 Å². The van der Waals surface area contributed by atoms with Crippen LogP contribution < -0.4 is 5.32 Å². The summed E-state index contributed by atoms with van der Waals surface area (Å²) < 4.78 is 29.8. The fourth-order valence-corrected chi connectivity index (χ4v) is 5.27. The molecule has 0 aliphatic rings. The van der Waals surface area contributed by atoms with E-state index >= 15 is 0 Å². The Morgan fingerprint density at radius 1 is 0.853 bits per heavy atom. The molecule has 0 spiro atoms. The monoisotopic (exact) mass is 501 g/mol. The number of nitrogens with one attached hydrogen (secondary N) is 1. The van der Waals surface area contributed by atoms with Gasteiger partial charge in [0.1, 0.15) is 12.4 Å². The van der Waals surface area contributed by atoms with Crippen molar-refractivity contribution >= 4 is 30.0 Å². The Balaban J connectivity index is 1.84. The molecule has 178 valence electrons. The molecule has 1 N–H and O–H groups in total. The van der Waals surface area contributed by atoms with Gasteiger partial charge in [-0.1, -0.05) is 91.0 Å². The number of hydrogen-bond acceptors (Lipinski definition) is 6. The number of amides is 1. The van der Waals surface area contributed by atoms with E-state index in [-0.39, 0.29) is 13.2 Å². The fourth-order valence-electron chi connectivity index (χ4n) is 3.14. The molecule has 1 unspecified atom stereocenters. The number of carbonyl (C=O) groups excluding carboxylic acids is 2. The van der Waals surface area contributed by atoms with E-state index in [2.05, 4.69) is 5.32 Å². The minimum Gasteiger partial charge on any atom is -0.464 e. The lowest BCUT2D eigenvalue weighted by atomic mass is 10.1. The molecular weight excluding hydrogens is 477 g/mol. The fraction of sp³-hybridized carbons (Fsp3) is 0.200. The molecule has 9 heteroatoms. The second-order valence-corrected chi connectivity index (χ2v) is 10.4. The van der Waals surface area contributed by atoms with E-state index in [1.807, 2.05) is 18.2 Å². The van der Waals surface area contributed by atoms with Gasteiger partial charge in [-0.25, -0.2) is 9.59 Å². The third-order valence-electron chi connectivity index (χ3n) is 4.74. The Kier molecular flexibility index (Phi) is 9.28. The quantitative estimate of drug-likeness (QED) is 0.256. The van der Waals surface area contributed by atoms with Crippen LogP contribution in [0.3, 0.4) is 0 Å². The average molecular weight is 502 g/mol. The number of benzene rings is 3. The first-order chi connectivity index (χ1) is 16.4. The smallest absolute Gasteiger partial charge is 0.408 e. The van der Waals surface area contributed by atoms with Crippen LogP contribution in [0.1, 0.15) is 35.5 Å². The molecule has 0 heterocycles. The van der Waals surface area contributed by atoms with E-state index in [4.69, 9.17) is 25.2 Å². The van der Waals surface area contributed by atoms with Gasteiger partial charge in [-0.05, 0) is 34.9 Å². The minimum absolute atomic E-state index is 0.0110. The topological polar surface area (TPSA) is 90.9 Å². The van der Waals surface area contributed by atoms with Crippen molar-refractivity contribution in [2.24, 2.45) is 0 Å². The molecule has 3 atom stereocenters. The van der Waals surface area contributed by atoms with E-state index < -0.39 is 30.7 Å². The molecule has 34 heavy (non-hydrogen) atoms. The van der Waals surface area contributed by atoms with Crippen LogP contribution in [-0.2, 0) is 30.0 Å². The van der Waals surface area contributed by atoms with E-state index in [0.29, 0.717) is 11.1 Å². The first-order valence-corrected chi connectivity index (χ1v) is 13.2. The molecule has 3 aromatic rings. The van der Waals surface area contributed by atoms with Gasteiger partial charge in [0.05, 0.1) is 6.61 Å².